The minimum Gasteiger partial charge on any atom is -0.489 e. The van der Waals surface area contributed by atoms with Crippen LogP contribution in [0.2, 0.25) is 5.02 Å². The summed E-state index contributed by atoms with van der Waals surface area (Å²) in [6.45, 7) is 0.193. The molecule has 0 unspecified atom stereocenters. The van der Waals surface area contributed by atoms with Crippen molar-refractivity contribution in [2.45, 2.75) is 6.61 Å². The number of methoxy groups -OCH3 is 1. The number of carbonyl (C=O) groups excluding carboxylic acids is 1. The third-order valence-electron chi connectivity index (χ3n) is 2.85. The van der Waals surface area contributed by atoms with E-state index in [4.69, 9.17) is 16.3 Å². The van der Waals surface area contributed by atoms with E-state index in [1.807, 2.05) is 0 Å². The van der Waals surface area contributed by atoms with Crippen molar-refractivity contribution in [2.24, 2.45) is 0 Å². The van der Waals surface area contributed by atoms with E-state index in [-0.39, 0.29) is 17.3 Å². The fraction of sp³-hybridized carbons (Fsp3) is 0.133. The Hall–Kier alpha value is -2.60. The number of nitro groups is 1. The van der Waals surface area contributed by atoms with E-state index in [0.717, 1.165) is 5.56 Å². The number of benzene rings is 2. The molecule has 2 rings (SSSR count). The molecule has 0 aliphatic heterocycles. The van der Waals surface area contributed by atoms with Gasteiger partial charge in [-0.15, -0.1) is 0 Å². The van der Waals surface area contributed by atoms with E-state index in [1.54, 1.807) is 24.3 Å². The standard InChI is InChI=1S/C15H12ClNO5/c1-21-15(18)11-4-2-10(3-5-11)9-22-14-7-12(16)6-13(8-14)17(19)20/h2-8H,9H2,1H3. The van der Waals surface area contributed by atoms with Crippen LogP contribution in [0.5, 0.6) is 5.75 Å². The number of ether oxygens (including phenoxy) is 2. The van der Waals surface area contributed by atoms with Crippen LogP contribution in [0.25, 0.3) is 0 Å². The SMILES string of the molecule is COC(=O)c1ccc(COc2cc(Cl)cc([N+](=O)[O-])c2)cc1. The molecule has 2 aromatic carbocycles. The summed E-state index contributed by atoms with van der Waals surface area (Å²) < 4.78 is 10.1. The van der Waals surface area contributed by atoms with Gasteiger partial charge in [0.15, 0.2) is 0 Å². The van der Waals surface area contributed by atoms with Gasteiger partial charge in [0, 0.05) is 6.07 Å². The van der Waals surface area contributed by atoms with Crippen molar-refractivity contribution >= 4 is 23.3 Å². The number of hydrogen-bond acceptors (Lipinski definition) is 5. The molecule has 0 aliphatic carbocycles. The Morgan fingerprint density at radius 2 is 1.91 bits per heavy atom. The number of nitrogens with zero attached hydrogens (tertiary/aromatic N) is 1. The lowest BCUT2D eigenvalue weighted by atomic mass is 10.1. The maximum atomic E-state index is 11.3. The molecule has 7 heteroatoms. The Kier molecular flexibility index (Phi) is 4.95. The van der Waals surface area contributed by atoms with Crippen LogP contribution in [0, 0.1) is 10.1 Å². The molecular weight excluding hydrogens is 310 g/mol. The van der Waals surface area contributed by atoms with Crippen molar-refractivity contribution in [2.75, 3.05) is 7.11 Å². The minimum atomic E-state index is -0.538. The zero-order valence-corrected chi connectivity index (χ0v) is 12.4. The van der Waals surface area contributed by atoms with E-state index < -0.39 is 10.9 Å². The van der Waals surface area contributed by atoms with Gasteiger partial charge in [-0.05, 0) is 23.8 Å². The van der Waals surface area contributed by atoms with Crippen molar-refractivity contribution < 1.29 is 19.2 Å². The molecule has 2 aromatic rings. The van der Waals surface area contributed by atoms with Crippen molar-refractivity contribution in [1.82, 2.24) is 0 Å². The Morgan fingerprint density at radius 3 is 2.50 bits per heavy atom. The normalized spacial score (nSPS) is 10.1. The van der Waals surface area contributed by atoms with Crippen molar-refractivity contribution in [3.05, 3.63) is 68.7 Å². The highest BCUT2D eigenvalue weighted by atomic mass is 35.5. The molecule has 0 saturated carbocycles. The van der Waals surface area contributed by atoms with Gasteiger partial charge in [0.25, 0.3) is 5.69 Å². The molecular formula is C15H12ClNO5. The van der Waals surface area contributed by atoms with E-state index in [2.05, 4.69) is 4.74 Å². The van der Waals surface area contributed by atoms with Gasteiger partial charge in [-0.1, -0.05) is 23.7 Å². The average molecular weight is 322 g/mol. The molecule has 0 bridgehead atoms. The summed E-state index contributed by atoms with van der Waals surface area (Å²) in [5.74, 6) is -0.117. The van der Waals surface area contributed by atoms with Crippen LogP contribution in [0.15, 0.2) is 42.5 Å². The number of esters is 1. The number of halogens is 1. The molecule has 22 heavy (non-hydrogen) atoms. The van der Waals surface area contributed by atoms with Gasteiger partial charge in [-0.25, -0.2) is 4.79 Å². The first-order valence-electron chi connectivity index (χ1n) is 6.24. The first-order chi connectivity index (χ1) is 10.5. The maximum Gasteiger partial charge on any atom is 0.337 e. The molecule has 0 heterocycles. The van der Waals surface area contributed by atoms with Crippen molar-refractivity contribution in [1.29, 1.82) is 0 Å². The second-order valence-electron chi connectivity index (χ2n) is 4.38. The number of carbonyl (C=O) groups is 1. The van der Waals surface area contributed by atoms with Crippen LogP contribution < -0.4 is 4.74 Å². The Labute approximate surface area is 131 Å². The zero-order chi connectivity index (χ0) is 16.1. The highest BCUT2D eigenvalue weighted by Gasteiger charge is 2.10. The Balaban J connectivity index is 2.07. The number of rotatable bonds is 5. The van der Waals surface area contributed by atoms with Gasteiger partial charge in [-0.2, -0.15) is 0 Å². The lowest BCUT2D eigenvalue weighted by Gasteiger charge is -2.07. The van der Waals surface area contributed by atoms with Crippen molar-refractivity contribution in [3.63, 3.8) is 0 Å². The van der Waals surface area contributed by atoms with Crippen molar-refractivity contribution in [3.8, 4) is 5.75 Å². The summed E-state index contributed by atoms with van der Waals surface area (Å²) in [4.78, 5) is 21.5. The molecule has 0 radical (unpaired) electrons. The quantitative estimate of drug-likeness (QED) is 0.477. The van der Waals surface area contributed by atoms with Crippen LogP contribution in [-0.2, 0) is 11.3 Å². The first-order valence-corrected chi connectivity index (χ1v) is 6.62. The summed E-state index contributed by atoms with van der Waals surface area (Å²) in [6.07, 6.45) is 0. The van der Waals surface area contributed by atoms with Crippen LogP contribution in [0.4, 0.5) is 5.69 Å². The average Bonchev–Trinajstić information content (AvgIpc) is 2.52. The van der Waals surface area contributed by atoms with Gasteiger partial charge in [0.2, 0.25) is 0 Å². The van der Waals surface area contributed by atoms with Gasteiger partial charge in [0.05, 0.1) is 28.7 Å². The summed E-state index contributed by atoms with van der Waals surface area (Å²) in [6, 6.07) is 10.7. The summed E-state index contributed by atoms with van der Waals surface area (Å²) in [7, 11) is 1.31. The molecule has 0 fully saturated rings. The monoisotopic (exact) mass is 321 g/mol. The van der Waals surface area contributed by atoms with E-state index in [0.29, 0.717) is 11.3 Å². The molecule has 0 atom stereocenters. The summed E-state index contributed by atoms with van der Waals surface area (Å²) >= 11 is 5.81. The fourth-order valence-corrected chi connectivity index (χ4v) is 1.98. The molecule has 114 valence electrons. The summed E-state index contributed by atoms with van der Waals surface area (Å²) in [5, 5.41) is 11.0. The number of non-ortho nitro benzene ring substituents is 1. The van der Waals surface area contributed by atoms with Crippen LogP contribution in [-0.4, -0.2) is 18.0 Å². The van der Waals surface area contributed by atoms with Gasteiger partial charge in [0.1, 0.15) is 12.4 Å². The number of nitro benzene ring substituents is 1. The molecule has 0 N–H and O–H groups in total. The van der Waals surface area contributed by atoms with Crippen LogP contribution in [0.3, 0.4) is 0 Å². The van der Waals surface area contributed by atoms with E-state index in [1.165, 1.54) is 25.3 Å². The molecule has 0 amide bonds. The van der Waals surface area contributed by atoms with Gasteiger partial charge < -0.3 is 9.47 Å². The largest absolute Gasteiger partial charge is 0.489 e. The van der Waals surface area contributed by atoms with E-state index >= 15 is 0 Å². The minimum absolute atomic E-state index is 0.136. The smallest absolute Gasteiger partial charge is 0.337 e. The molecule has 0 aromatic heterocycles. The fourth-order valence-electron chi connectivity index (χ4n) is 1.76. The Bertz CT molecular complexity index is 700. The predicted octanol–water partition coefficient (Wildman–Crippen LogP) is 3.61. The van der Waals surface area contributed by atoms with Gasteiger partial charge in [-0.3, -0.25) is 10.1 Å². The van der Waals surface area contributed by atoms with Gasteiger partial charge >= 0.3 is 5.97 Å². The van der Waals surface area contributed by atoms with E-state index in [9.17, 15) is 14.9 Å². The lowest BCUT2D eigenvalue weighted by molar-refractivity contribution is -0.384. The number of hydrogen-bond donors (Lipinski definition) is 0. The first kappa shape index (κ1) is 15.8. The third kappa shape index (κ3) is 3.95. The highest BCUT2D eigenvalue weighted by molar-refractivity contribution is 6.30. The third-order valence-corrected chi connectivity index (χ3v) is 3.07. The molecule has 0 spiro atoms. The zero-order valence-electron chi connectivity index (χ0n) is 11.6. The maximum absolute atomic E-state index is 11.3. The van der Waals surface area contributed by atoms with Crippen LogP contribution in [0.1, 0.15) is 15.9 Å². The predicted molar refractivity (Wildman–Crippen MR) is 80.2 cm³/mol. The second-order valence-corrected chi connectivity index (χ2v) is 4.82. The summed E-state index contributed by atoms with van der Waals surface area (Å²) in [5.41, 5.74) is 1.10. The molecule has 0 saturated heterocycles. The van der Waals surface area contributed by atoms with Crippen LogP contribution >= 0.6 is 11.6 Å². The molecule has 6 nitrogen and oxygen atoms in total. The molecule has 0 aliphatic rings. The second kappa shape index (κ2) is 6.91. The highest BCUT2D eigenvalue weighted by Crippen LogP contribution is 2.26. The Morgan fingerprint density at radius 1 is 1.23 bits per heavy atom. The lowest BCUT2D eigenvalue weighted by Crippen LogP contribution is -2.02. The topological polar surface area (TPSA) is 78.7 Å².